The summed E-state index contributed by atoms with van der Waals surface area (Å²) in [5.41, 5.74) is 2.22. The van der Waals surface area contributed by atoms with E-state index < -0.39 is 0 Å². The van der Waals surface area contributed by atoms with Crippen LogP contribution in [0.4, 0.5) is 0 Å². The lowest BCUT2D eigenvalue weighted by Gasteiger charge is -2.22. The normalized spacial score (nSPS) is 10.6. The number of guanidine groups is 1. The van der Waals surface area contributed by atoms with Gasteiger partial charge in [-0.1, -0.05) is 42.5 Å². The van der Waals surface area contributed by atoms with Crippen molar-refractivity contribution in [3.8, 4) is 5.75 Å². The van der Waals surface area contributed by atoms with Crippen LogP contribution < -0.4 is 15.4 Å². The Morgan fingerprint density at radius 3 is 2.29 bits per heavy atom. The summed E-state index contributed by atoms with van der Waals surface area (Å²) in [5, 5.41) is 6.30. The number of carbonyl (C=O) groups is 1. The Bertz CT molecular complexity index is 736. The number of nitrogens with one attached hydrogen (secondary N) is 2. The summed E-state index contributed by atoms with van der Waals surface area (Å²) in [5.74, 6) is 1.45. The summed E-state index contributed by atoms with van der Waals surface area (Å²) < 4.78 is 5.16. The fourth-order valence-electron chi connectivity index (χ4n) is 2.60. The summed E-state index contributed by atoms with van der Waals surface area (Å²) >= 11 is 0. The van der Waals surface area contributed by atoms with Gasteiger partial charge in [-0.05, 0) is 30.2 Å². The van der Waals surface area contributed by atoms with Crippen molar-refractivity contribution < 1.29 is 9.53 Å². The van der Waals surface area contributed by atoms with Crippen LogP contribution in [0.15, 0.2) is 59.6 Å². The molecule has 0 atom stereocenters. The van der Waals surface area contributed by atoms with E-state index in [2.05, 4.69) is 15.6 Å². The summed E-state index contributed by atoms with van der Waals surface area (Å²) in [7, 11) is 3.34. The lowest BCUT2D eigenvalue weighted by atomic mass is 10.2. The smallest absolute Gasteiger partial charge is 0.242 e. The molecule has 0 aliphatic rings. The van der Waals surface area contributed by atoms with Gasteiger partial charge < -0.3 is 20.3 Å². The van der Waals surface area contributed by atoms with Crippen molar-refractivity contribution in [3.05, 3.63) is 65.7 Å². The van der Waals surface area contributed by atoms with Gasteiger partial charge >= 0.3 is 0 Å². The summed E-state index contributed by atoms with van der Waals surface area (Å²) in [6, 6.07) is 17.8. The van der Waals surface area contributed by atoms with Gasteiger partial charge in [0.1, 0.15) is 5.75 Å². The van der Waals surface area contributed by atoms with E-state index in [0.717, 1.165) is 16.9 Å². The first-order chi connectivity index (χ1) is 13.2. The maximum absolute atomic E-state index is 12.5. The highest BCUT2D eigenvalue weighted by Gasteiger charge is 2.12. The Morgan fingerprint density at radius 1 is 1.04 bits per heavy atom. The van der Waals surface area contributed by atoms with Crippen molar-refractivity contribution >= 4 is 35.8 Å². The van der Waals surface area contributed by atoms with E-state index in [-0.39, 0.29) is 36.4 Å². The van der Waals surface area contributed by atoms with Crippen LogP contribution in [0, 0.1) is 0 Å². The van der Waals surface area contributed by atoms with Gasteiger partial charge in [0.2, 0.25) is 5.91 Å². The van der Waals surface area contributed by atoms with E-state index in [4.69, 9.17) is 4.74 Å². The van der Waals surface area contributed by atoms with E-state index in [1.54, 1.807) is 14.2 Å². The van der Waals surface area contributed by atoms with E-state index in [9.17, 15) is 4.79 Å². The number of hydrogen-bond donors (Lipinski definition) is 2. The van der Waals surface area contributed by atoms with Gasteiger partial charge in [0.05, 0.1) is 13.7 Å². The van der Waals surface area contributed by atoms with Gasteiger partial charge in [0.25, 0.3) is 0 Å². The number of ether oxygens (including phenoxy) is 1. The fourth-order valence-corrected chi connectivity index (χ4v) is 2.60. The number of hydrogen-bond acceptors (Lipinski definition) is 3. The van der Waals surface area contributed by atoms with E-state index >= 15 is 0 Å². The van der Waals surface area contributed by atoms with E-state index in [1.807, 2.05) is 66.4 Å². The molecule has 0 unspecified atom stereocenters. The summed E-state index contributed by atoms with van der Waals surface area (Å²) in [4.78, 5) is 18.5. The molecular weight excluding hydrogens is 467 g/mol. The second-order valence-corrected chi connectivity index (χ2v) is 6.02. The zero-order valence-corrected chi connectivity index (χ0v) is 19.0. The highest BCUT2D eigenvalue weighted by molar-refractivity contribution is 14.0. The quantitative estimate of drug-likeness (QED) is 0.335. The molecule has 0 bridgehead atoms. The molecule has 0 aliphatic carbocycles. The Labute approximate surface area is 184 Å². The van der Waals surface area contributed by atoms with Gasteiger partial charge in [-0.2, -0.15) is 0 Å². The SMILES string of the molecule is CCN(Cc1ccccc1)C(=O)CNC(=NC)NCc1ccc(OC)cc1.I. The standard InChI is InChI=1S/C21H28N4O2.HI/c1-4-25(16-18-8-6-5-7-9-18)20(26)15-24-21(22-2)23-14-17-10-12-19(27-3)13-11-17;/h5-13H,4,14-16H2,1-3H3,(H2,22,23,24);1H. The predicted octanol–water partition coefficient (Wildman–Crippen LogP) is 3.03. The minimum absolute atomic E-state index is 0. The number of carbonyl (C=O) groups excluding carboxylic acids is 1. The number of likely N-dealkylation sites (N-methyl/N-ethyl adjacent to an activating group) is 1. The van der Waals surface area contributed by atoms with Crippen LogP contribution >= 0.6 is 24.0 Å². The largest absolute Gasteiger partial charge is 0.497 e. The molecule has 6 nitrogen and oxygen atoms in total. The van der Waals surface area contributed by atoms with Gasteiger partial charge in [-0.25, -0.2) is 0 Å². The zero-order valence-electron chi connectivity index (χ0n) is 16.6. The van der Waals surface area contributed by atoms with Crippen molar-refractivity contribution in [2.45, 2.75) is 20.0 Å². The number of halogens is 1. The molecule has 0 fully saturated rings. The van der Waals surface area contributed by atoms with Crippen molar-refractivity contribution in [3.63, 3.8) is 0 Å². The molecule has 0 saturated heterocycles. The Kier molecular flexibility index (Phi) is 11.0. The number of nitrogens with zero attached hydrogens (tertiary/aromatic N) is 2. The van der Waals surface area contributed by atoms with Crippen LogP contribution in [0.25, 0.3) is 0 Å². The first-order valence-electron chi connectivity index (χ1n) is 9.05. The minimum Gasteiger partial charge on any atom is -0.497 e. The first-order valence-corrected chi connectivity index (χ1v) is 9.05. The topological polar surface area (TPSA) is 66.0 Å². The molecule has 2 aromatic carbocycles. The second-order valence-electron chi connectivity index (χ2n) is 6.02. The minimum atomic E-state index is 0. The van der Waals surface area contributed by atoms with Gasteiger partial charge in [-0.15, -0.1) is 24.0 Å². The summed E-state index contributed by atoms with van der Waals surface area (Å²) in [6.07, 6.45) is 0. The van der Waals surface area contributed by atoms with Gasteiger partial charge in [0.15, 0.2) is 5.96 Å². The van der Waals surface area contributed by atoms with Gasteiger partial charge in [0, 0.05) is 26.7 Å². The maximum atomic E-state index is 12.5. The number of aliphatic imine (C=N–C) groups is 1. The number of methoxy groups -OCH3 is 1. The molecule has 1 amide bonds. The van der Waals surface area contributed by atoms with Crippen LogP contribution in [0.3, 0.4) is 0 Å². The Hall–Kier alpha value is -2.29. The second kappa shape index (κ2) is 13.0. The average Bonchev–Trinajstić information content (AvgIpc) is 2.73. The van der Waals surface area contributed by atoms with Crippen molar-refractivity contribution in [1.29, 1.82) is 0 Å². The molecule has 2 N–H and O–H groups in total. The number of benzene rings is 2. The van der Waals surface area contributed by atoms with Crippen molar-refractivity contribution in [2.24, 2.45) is 4.99 Å². The van der Waals surface area contributed by atoms with E-state index in [0.29, 0.717) is 25.6 Å². The molecule has 0 aromatic heterocycles. The third-order valence-corrected chi connectivity index (χ3v) is 4.20. The monoisotopic (exact) mass is 496 g/mol. The molecule has 0 heterocycles. The Balaban J connectivity index is 0.00000392. The molecular formula is C21H29IN4O2. The zero-order chi connectivity index (χ0) is 19.5. The van der Waals surface area contributed by atoms with Crippen molar-refractivity contribution in [2.75, 3.05) is 27.2 Å². The Morgan fingerprint density at radius 2 is 1.71 bits per heavy atom. The molecule has 0 aliphatic heterocycles. The van der Waals surface area contributed by atoms with Crippen LogP contribution in [0.2, 0.25) is 0 Å². The van der Waals surface area contributed by atoms with Crippen LogP contribution in [-0.2, 0) is 17.9 Å². The highest BCUT2D eigenvalue weighted by atomic mass is 127. The molecule has 0 saturated carbocycles. The van der Waals surface area contributed by atoms with Crippen LogP contribution in [0.1, 0.15) is 18.1 Å². The van der Waals surface area contributed by atoms with Crippen molar-refractivity contribution in [1.82, 2.24) is 15.5 Å². The number of amides is 1. The van der Waals surface area contributed by atoms with Gasteiger partial charge in [-0.3, -0.25) is 9.79 Å². The molecule has 2 aromatic rings. The fraction of sp³-hybridized carbons (Fsp3) is 0.333. The lowest BCUT2D eigenvalue weighted by Crippen LogP contribution is -2.44. The number of rotatable bonds is 8. The predicted molar refractivity (Wildman–Crippen MR) is 124 cm³/mol. The highest BCUT2D eigenvalue weighted by Crippen LogP contribution is 2.10. The summed E-state index contributed by atoms with van der Waals surface area (Å²) in [6.45, 7) is 4.06. The third kappa shape index (κ3) is 7.75. The van der Waals surface area contributed by atoms with E-state index in [1.165, 1.54) is 0 Å². The third-order valence-electron chi connectivity index (χ3n) is 4.20. The lowest BCUT2D eigenvalue weighted by molar-refractivity contribution is -0.130. The molecule has 152 valence electrons. The first kappa shape index (κ1) is 23.7. The maximum Gasteiger partial charge on any atom is 0.242 e. The molecule has 2 rings (SSSR count). The molecule has 0 spiro atoms. The van der Waals surface area contributed by atoms with Crippen LogP contribution in [0.5, 0.6) is 5.75 Å². The molecule has 7 heteroatoms. The average molecular weight is 496 g/mol. The van der Waals surface area contributed by atoms with Crippen LogP contribution in [-0.4, -0.2) is 44.0 Å². The molecule has 0 radical (unpaired) electrons. The molecule has 28 heavy (non-hydrogen) atoms.